The molecule has 3 amide bonds. The van der Waals surface area contributed by atoms with E-state index in [9.17, 15) is 9.59 Å². The van der Waals surface area contributed by atoms with Crippen molar-refractivity contribution in [1.82, 2.24) is 15.1 Å². The van der Waals surface area contributed by atoms with E-state index >= 15 is 0 Å². The number of anilines is 1. The van der Waals surface area contributed by atoms with Crippen molar-refractivity contribution < 1.29 is 18.9 Å². The van der Waals surface area contributed by atoms with Crippen LogP contribution in [0.2, 0.25) is 0 Å². The average molecular weight is 528 g/mol. The fourth-order valence-corrected chi connectivity index (χ4v) is 5.40. The summed E-state index contributed by atoms with van der Waals surface area (Å²) < 4.78 is 7.76. The minimum Gasteiger partial charge on any atom is -0.477 e. The van der Waals surface area contributed by atoms with E-state index in [1.807, 2.05) is 30.6 Å². The molecule has 0 spiro atoms. The molecule has 11 nitrogen and oxygen atoms in total. The first kappa shape index (κ1) is 27.9. The van der Waals surface area contributed by atoms with Crippen LogP contribution in [0.25, 0.3) is 0 Å². The van der Waals surface area contributed by atoms with E-state index in [2.05, 4.69) is 27.0 Å². The molecular weight excluding hydrogens is 484 g/mol. The van der Waals surface area contributed by atoms with Crippen molar-refractivity contribution in [3.05, 3.63) is 12.1 Å². The van der Waals surface area contributed by atoms with Crippen molar-refractivity contribution in [1.29, 1.82) is 0 Å². The monoisotopic (exact) mass is 527 g/mol. The van der Waals surface area contributed by atoms with Gasteiger partial charge in [-0.15, -0.1) is 10.2 Å². The Morgan fingerprint density at radius 1 is 1.21 bits per heavy atom. The van der Waals surface area contributed by atoms with Crippen LogP contribution in [0.1, 0.15) is 59.3 Å². The number of amidine groups is 1. The number of nitrogens with zero attached hydrogens (tertiary/aromatic N) is 6. The van der Waals surface area contributed by atoms with Gasteiger partial charge in [0.15, 0.2) is 18.1 Å². The van der Waals surface area contributed by atoms with Crippen LogP contribution < -0.4 is 21.1 Å². The maximum Gasteiger partial charge on any atom is 0.386 e. The molecule has 2 unspecified atom stereocenters. The quantitative estimate of drug-likeness (QED) is 0.312. The number of aliphatic imine (C=N–C) groups is 1. The van der Waals surface area contributed by atoms with Gasteiger partial charge in [-0.2, -0.15) is 9.57 Å². The zero-order chi connectivity index (χ0) is 27.2. The molecule has 0 radical (unpaired) electrons. The first-order chi connectivity index (χ1) is 18.2. The van der Waals surface area contributed by atoms with E-state index in [-0.39, 0.29) is 23.9 Å². The summed E-state index contributed by atoms with van der Waals surface area (Å²) in [7, 11) is 0. The maximum absolute atomic E-state index is 12.3. The molecular formula is C27H43N8O3+. The van der Waals surface area contributed by atoms with Gasteiger partial charge in [-0.1, -0.05) is 20.8 Å². The zero-order valence-corrected chi connectivity index (χ0v) is 23.0. The van der Waals surface area contributed by atoms with Gasteiger partial charge < -0.3 is 26.0 Å². The Kier molecular flexibility index (Phi) is 9.30. The Morgan fingerprint density at radius 2 is 1.97 bits per heavy atom. The number of nitrogens with two attached hydrogens (primary N) is 2. The van der Waals surface area contributed by atoms with Crippen LogP contribution in [0.3, 0.4) is 0 Å². The molecule has 11 heteroatoms. The number of likely N-dealkylation sites (tertiary alicyclic amines) is 1. The van der Waals surface area contributed by atoms with Crippen LogP contribution in [0.4, 0.5) is 10.6 Å². The fraction of sp³-hybridized carbons (Fsp3) is 0.704. The first-order valence-electron chi connectivity index (χ1n) is 14.0. The van der Waals surface area contributed by atoms with Crippen molar-refractivity contribution in [2.75, 3.05) is 44.2 Å². The van der Waals surface area contributed by atoms with Gasteiger partial charge in [-0.3, -0.25) is 0 Å². The predicted octanol–water partition coefficient (Wildman–Crippen LogP) is 2.04. The number of rotatable bonds is 7. The average Bonchev–Trinajstić information content (AvgIpc) is 3.30. The molecule has 4 rings (SSSR count). The number of hydrogen-bond acceptors (Lipinski definition) is 7. The molecule has 1 aromatic heterocycles. The molecule has 1 aromatic rings. The number of amides is 3. The van der Waals surface area contributed by atoms with Gasteiger partial charge in [0.1, 0.15) is 18.4 Å². The Bertz CT molecular complexity index is 1050. The van der Waals surface area contributed by atoms with Crippen molar-refractivity contribution >= 4 is 29.3 Å². The van der Waals surface area contributed by atoms with E-state index in [0.717, 1.165) is 50.2 Å². The van der Waals surface area contributed by atoms with Crippen molar-refractivity contribution in [2.24, 2.45) is 34.2 Å². The highest BCUT2D eigenvalue weighted by atomic mass is 16.5. The Hall–Kier alpha value is -3.08. The Morgan fingerprint density at radius 3 is 2.63 bits per heavy atom. The fourth-order valence-electron chi connectivity index (χ4n) is 5.40. The van der Waals surface area contributed by atoms with Crippen LogP contribution in [0.5, 0.6) is 5.88 Å². The highest BCUT2D eigenvalue weighted by molar-refractivity contribution is 5.96. The van der Waals surface area contributed by atoms with Gasteiger partial charge in [0.25, 0.3) is 0 Å². The molecule has 4 heterocycles. The number of carbonyl (C=O) groups excluding carboxylic acids is 2. The Labute approximate surface area is 225 Å². The van der Waals surface area contributed by atoms with E-state index in [1.54, 1.807) is 4.90 Å². The third kappa shape index (κ3) is 6.86. The van der Waals surface area contributed by atoms with Crippen LogP contribution >= 0.6 is 0 Å². The molecule has 38 heavy (non-hydrogen) atoms. The molecule has 3 fully saturated rings. The largest absolute Gasteiger partial charge is 0.477 e. The molecule has 3 aliphatic rings. The van der Waals surface area contributed by atoms with E-state index < -0.39 is 0 Å². The molecule has 0 aliphatic carbocycles. The third-order valence-corrected chi connectivity index (χ3v) is 8.07. The van der Waals surface area contributed by atoms with Crippen molar-refractivity contribution in [3.8, 4) is 5.88 Å². The number of hydrogen-bond donors (Lipinski definition) is 2. The standard InChI is InChI=1S/C27H42N8O3/c1-18(2)26(29)30-27(37)33-13-9-20(10-14-33)19(3)11-15-38-24-8-7-23(31-32-24)34-16-21(28)22(17-34)35-12-5-4-6-25(35)36/h7-8,18-21H,4-6,9-17,28H2,1-3H3,(H-,29,30,37)/p+1. The minimum atomic E-state index is -0.224. The summed E-state index contributed by atoms with van der Waals surface area (Å²) in [5, 5.41) is 8.62. The molecule has 208 valence electrons. The number of urea groups is 1. The second-order valence-corrected chi connectivity index (χ2v) is 11.1. The van der Waals surface area contributed by atoms with E-state index in [1.165, 1.54) is 0 Å². The lowest BCUT2D eigenvalue weighted by atomic mass is 9.84. The molecule has 2 atom stereocenters. The summed E-state index contributed by atoms with van der Waals surface area (Å²) >= 11 is 0. The molecule has 3 saturated heterocycles. The normalized spacial score (nSPS) is 24.3. The number of piperidine rings is 2. The van der Waals surface area contributed by atoms with Gasteiger partial charge in [-0.05, 0) is 43.6 Å². The lowest BCUT2D eigenvalue weighted by Crippen LogP contribution is -2.41. The predicted molar refractivity (Wildman–Crippen MR) is 147 cm³/mol. The Balaban J connectivity index is 1.21. The van der Waals surface area contributed by atoms with Crippen LogP contribution in [-0.4, -0.2) is 88.5 Å². The van der Waals surface area contributed by atoms with E-state index in [0.29, 0.717) is 62.8 Å². The van der Waals surface area contributed by atoms with Crippen molar-refractivity contribution in [2.45, 2.75) is 65.3 Å². The summed E-state index contributed by atoms with van der Waals surface area (Å²) in [5.41, 5.74) is 13.2. The molecule has 0 saturated carbocycles. The summed E-state index contributed by atoms with van der Waals surface area (Å²) in [5.74, 6) is 2.88. The highest BCUT2D eigenvalue weighted by Crippen LogP contribution is 2.28. The smallest absolute Gasteiger partial charge is 0.386 e. The third-order valence-electron chi connectivity index (χ3n) is 8.07. The van der Waals surface area contributed by atoms with Gasteiger partial charge >= 0.3 is 11.9 Å². The highest BCUT2D eigenvalue weighted by Gasteiger charge is 2.37. The lowest BCUT2D eigenvalue weighted by molar-refractivity contribution is -0.458. The van der Waals surface area contributed by atoms with Gasteiger partial charge in [-0.25, -0.2) is 9.59 Å². The van der Waals surface area contributed by atoms with E-state index in [4.69, 9.17) is 16.2 Å². The summed E-state index contributed by atoms with van der Waals surface area (Å²) in [4.78, 5) is 32.6. The number of aromatic nitrogens is 2. The molecule has 0 bridgehead atoms. The SMILES string of the molecule is CC(C)C(N)=NC(=O)N1CCC(C(C)CCOc2ccc(N3CC(=[N+]4CCCCC4=O)C(N)C3)nn2)CC1. The van der Waals surface area contributed by atoms with Crippen molar-refractivity contribution in [3.63, 3.8) is 0 Å². The van der Waals surface area contributed by atoms with Gasteiger partial charge in [0.05, 0.1) is 13.0 Å². The lowest BCUT2D eigenvalue weighted by Gasteiger charge is -2.34. The van der Waals surface area contributed by atoms with Gasteiger partial charge in [0, 0.05) is 38.0 Å². The molecule has 4 N–H and O–H groups in total. The first-order valence-corrected chi connectivity index (χ1v) is 14.0. The second-order valence-electron chi connectivity index (χ2n) is 11.1. The minimum absolute atomic E-state index is 0.0682. The topological polar surface area (TPSA) is 143 Å². The second kappa shape index (κ2) is 12.6. The summed E-state index contributed by atoms with van der Waals surface area (Å²) in [6, 6.07) is 3.35. The van der Waals surface area contributed by atoms with Crippen LogP contribution in [0.15, 0.2) is 17.1 Å². The maximum atomic E-state index is 12.3. The molecule has 0 aromatic carbocycles. The van der Waals surface area contributed by atoms with Crippen LogP contribution in [0, 0.1) is 17.8 Å². The summed E-state index contributed by atoms with van der Waals surface area (Å²) in [6.45, 7) is 10.1. The number of carbonyl (C=O) groups is 2. The zero-order valence-electron chi connectivity index (χ0n) is 23.0. The number of ether oxygens (including phenoxy) is 1. The molecule has 3 aliphatic heterocycles. The van der Waals surface area contributed by atoms with Crippen LogP contribution in [-0.2, 0) is 4.79 Å². The van der Waals surface area contributed by atoms with Gasteiger partial charge in [0.2, 0.25) is 5.88 Å². The summed E-state index contributed by atoms with van der Waals surface area (Å²) in [6.07, 6.45) is 5.40.